The summed E-state index contributed by atoms with van der Waals surface area (Å²) in [5, 5.41) is 22.4. The first-order valence-corrected chi connectivity index (χ1v) is 12.2. The molecule has 1 aromatic heterocycles. The van der Waals surface area contributed by atoms with Crippen LogP contribution in [0.1, 0.15) is 46.6 Å². The number of aromatic nitrogens is 1. The molecule has 0 aliphatic heterocycles. The number of oxime groups is 1. The molecule has 0 bridgehead atoms. The molecule has 2 N–H and O–H groups in total. The molecule has 0 saturated carbocycles. The predicted octanol–water partition coefficient (Wildman–Crippen LogP) is 5.78. The minimum atomic E-state index is -0.798. The molecule has 4 rings (SSSR count). The van der Waals surface area contributed by atoms with E-state index in [0.29, 0.717) is 24.1 Å². The maximum absolute atomic E-state index is 11.9. The topological polar surface area (TPSA) is 91.9 Å². The molecule has 0 spiro atoms. The van der Waals surface area contributed by atoms with Gasteiger partial charge in [0.25, 0.3) is 0 Å². The van der Waals surface area contributed by atoms with Gasteiger partial charge in [-0.05, 0) is 52.8 Å². The Labute approximate surface area is 216 Å². The zero-order chi connectivity index (χ0) is 26.4. The third kappa shape index (κ3) is 6.22. The summed E-state index contributed by atoms with van der Waals surface area (Å²) in [5.41, 5.74) is 7.57. The number of carboxylic acids is 1. The number of aryl methyl sites for hydroxylation is 3. The lowest BCUT2D eigenvalue weighted by Crippen LogP contribution is -2.18. The van der Waals surface area contributed by atoms with Crippen LogP contribution in [0.5, 0.6) is 0 Å². The first-order valence-electron chi connectivity index (χ1n) is 12.2. The Hall–Kier alpha value is -4.45. The van der Waals surface area contributed by atoms with Crippen LogP contribution in [-0.4, -0.2) is 26.6 Å². The Morgan fingerprint density at radius 1 is 0.919 bits per heavy atom. The Bertz CT molecular complexity index is 1470. The molecule has 0 aliphatic carbocycles. The average Bonchev–Trinajstić information content (AvgIpc) is 2.91. The van der Waals surface area contributed by atoms with E-state index in [1.165, 1.54) is 10.6 Å². The summed E-state index contributed by atoms with van der Waals surface area (Å²) in [6.07, 6.45) is 2.77. The van der Waals surface area contributed by atoms with Crippen LogP contribution in [0.3, 0.4) is 0 Å². The summed E-state index contributed by atoms with van der Waals surface area (Å²) in [7, 11) is 1.68. The van der Waals surface area contributed by atoms with Gasteiger partial charge in [0.1, 0.15) is 0 Å². The lowest BCUT2D eigenvalue weighted by Gasteiger charge is -2.21. The van der Waals surface area contributed by atoms with E-state index in [2.05, 4.69) is 48.5 Å². The number of hydrogen-bond donors (Lipinski definition) is 2. The van der Waals surface area contributed by atoms with Crippen molar-refractivity contribution in [1.82, 2.24) is 4.57 Å². The molecule has 6 nitrogen and oxygen atoms in total. The van der Waals surface area contributed by atoms with Gasteiger partial charge in [-0.2, -0.15) is 0 Å². The van der Waals surface area contributed by atoms with Crippen LogP contribution in [0.4, 0.5) is 0 Å². The first kappa shape index (κ1) is 25.6. The molecule has 0 amide bonds. The maximum Gasteiger partial charge on any atom is 0.303 e. The summed E-state index contributed by atoms with van der Waals surface area (Å²) in [5.74, 6) is -0.856. The van der Waals surface area contributed by atoms with Crippen molar-refractivity contribution in [2.24, 2.45) is 12.2 Å². The van der Waals surface area contributed by atoms with Gasteiger partial charge in [-0.25, -0.2) is 0 Å². The van der Waals surface area contributed by atoms with Crippen LogP contribution in [0.25, 0.3) is 11.1 Å². The Balaban J connectivity index is 1.64. The molecule has 1 unspecified atom stereocenters. The van der Waals surface area contributed by atoms with Crippen LogP contribution in [0.2, 0.25) is 0 Å². The summed E-state index contributed by atoms with van der Waals surface area (Å²) in [6, 6.07) is 27.7. The molecule has 1 heterocycles. The fraction of sp³-hybridized carbons (Fsp3) is 0.194. The lowest BCUT2D eigenvalue weighted by molar-refractivity contribution is -0.136. The van der Waals surface area contributed by atoms with Crippen molar-refractivity contribution in [1.29, 1.82) is 0 Å². The van der Waals surface area contributed by atoms with Crippen molar-refractivity contribution >= 4 is 11.7 Å². The zero-order valence-electron chi connectivity index (χ0n) is 21.0. The summed E-state index contributed by atoms with van der Waals surface area (Å²) >= 11 is 0. The molecule has 0 radical (unpaired) electrons. The number of rotatable bonds is 9. The monoisotopic (exact) mass is 494 g/mol. The van der Waals surface area contributed by atoms with Gasteiger partial charge in [0.05, 0.1) is 5.71 Å². The van der Waals surface area contributed by atoms with Crippen molar-refractivity contribution in [3.05, 3.63) is 129 Å². The fourth-order valence-electron chi connectivity index (χ4n) is 4.58. The predicted molar refractivity (Wildman–Crippen MR) is 145 cm³/mol. The Morgan fingerprint density at radius 3 is 2.16 bits per heavy atom. The first-order chi connectivity index (χ1) is 17.9. The van der Waals surface area contributed by atoms with E-state index in [1.807, 2.05) is 36.4 Å². The molecule has 0 fully saturated rings. The summed E-state index contributed by atoms with van der Waals surface area (Å²) < 4.78 is 1.48. The Morgan fingerprint density at radius 2 is 1.57 bits per heavy atom. The largest absolute Gasteiger partial charge is 0.481 e. The number of carboxylic acid groups (broad SMARTS) is 1. The van der Waals surface area contributed by atoms with Gasteiger partial charge >= 0.3 is 5.97 Å². The van der Waals surface area contributed by atoms with Gasteiger partial charge in [0, 0.05) is 43.6 Å². The van der Waals surface area contributed by atoms with Gasteiger partial charge in [-0.15, -0.1) is 0 Å². The van der Waals surface area contributed by atoms with Gasteiger partial charge in [-0.3, -0.25) is 9.59 Å². The van der Waals surface area contributed by atoms with E-state index in [0.717, 1.165) is 33.4 Å². The highest BCUT2D eigenvalue weighted by atomic mass is 16.4. The second-order valence-corrected chi connectivity index (χ2v) is 9.24. The van der Waals surface area contributed by atoms with Gasteiger partial charge in [0.2, 0.25) is 5.56 Å². The number of aliphatic carboxylic acids is 1. The fourth-order valence-corrected chi connectivity index (χ4v) is 4.58. The lowest BCUT2D eigenvalue weighted by atomic mass is 9.83. The van der Waals surface area contributed by atoms with Crippen LogP contribution in [0, 0.1) is 6.92 Å². The summed E-state index contributed by atoms with van der Waals surface area (Å²) in [6.45, 7) is 2.07. The zero-order valence-corrected chi connectivity index (χ0v) is 21.0. The van der Waals surface area contributed by atoms with Crippen molar-refractivity contribution in [2.45, 2.75) is 32.1 Å². The highest BCUT2D eigenvalue weighted by Gasteiger charge is 2.21. The number of benzene rings is 3. The maximum atomic E-state index is 11.9. The molecular formula is C31H30N2O4. The molecule has 188 valence electrons. The van der Waals surface area contributed by atoms with Crippen molar-refractivity contribution in [3.8, 4) is 11.1 Å². The highest BCUT2D eigenvalue weighted by molar-refractivity contribution is 6.00. The van der Waals surface area contributed by atoms with Crippen molar-refractivity contribution in [3.63, 3.8) is 0 Å². The minimum absolute atomic E-state index is 0.0585. The average molecular weight is 495 g/mol. The van der Waals surface area contributed by atoms with Gasteiger partial charge < -0.3 is 14.9 Å². The van der Waals surface area contributed by atoms with Crippen molar-refractivity contribution in [2.75, 3.05) is 0 Å². The third-order valence-corrected chi connectivity index (χ3v) is 6.73. The van der Waals surface area contributed by atoms with E-state index in [9.17, 15) is 14.8 Å². The molecular weight excluding hydrogens is 464 g/mol. The molecule has 0 aliphatic rings. The van der Waals surface area contributed by atoms with Gasteiger partial charge in [-0.1, -0.05) is 78.0 Å². The van der Waals surface area contributed by atoms with Crippen LogP contribution >= 0.6 is 0 Å². The molecule has 0 saturated heterocycles. The second-order valence-electron chi connectivity index (χ2n) is 9.24. The van der Waals surface area contributed by atoms with E-state index >= 15 is 0 Å². The Kier molecular flexibility index (Phi) is 7.98. The normalized spacial score (nSPS) is 12.3. The number of hydrogen-bond acceptors (Lipinski definition) is 4. The third-order valence-electron chi connectivity index (χ3n) is 6.73. The smallest absolute Gasteiger partial charge is 0.303 e. The van der Waals surface area contributed by atoms with Crippen LogP contribution in [0.15, 0.2) is 101 Å². The molecule has 37 heavy (non-hydrogen) atoms. The number of carbonyl (C=O) groups is 1. The highest BCUT2D eigenvalue weighted by Crippen LogP contribution is 2.33. The molecule has 4 aromatic rings. The van der Waals surface area contributed by atoms with E-state index in [4.69, 9.17) is 5.11 Å². The van der Waals surface area contributed by atoms with E-state index in [1.54, 1.807) is 19.3 Å². The molecule has 1 atom stereocenters. The van der Waals surface area contributed by atoms with Gasteiger partial charge in [0.15, 0.2) is 0 Å². The van der Waals surface area contributed by atoms with Crippen molar-refractivity contribution < 1.29 is 15.1 Å². The minimum Gasteiger partial charge on any atom is -0.481 e. The summed E-state index contributed by atoms with van der Waals surface area (Å²) in [4.78, 5) is 22.7. The number of nitrogens with zero attached hydrogens (tertiary/aromatic N) is 2. The van der Waals surface area contributed by atoms with Crippen LogP contribution in [-0.2, 0) is 18.3 Å². The SMILES string of the molecule is Cc1ccccc1C(C/C(=N/O)c1ccc(=O)n(C)c1)c1ccc(-c2ccc(CCC(=O)O)cc2)cc1. The second kappa shape index (κ2) is 11.5. The van der Waals surface area contributed by atoms with E-state index in [-0.39, 0.29) is 17.9 Å². The van der Waals surface area contributed by atoms with E-state index < -0.39 is 5.97 Å². The quantitative estimate of drug-likeness (QED) is 0.175. The number of pyridine rings is 1. The molecule has 6 heteroatoms. The van der Waals surface area contributed by atoms with Crippen LogP contribution < -0.4 is 5.56 Å². The standard InChI is InChI=1S/C31H30N2O4/c1-21-5-3-4-6-27(21)28(19-29(32-37)26-16-17-30(34)33(2)20-26)25-14-12-24(13-15-25)23-10-7-22(8-11-23)9-18-31(35)36/h3-8,10-17,20,28,37H,9,18-19H2,1-2H3,(H,35,36)/b32-29-. The molecule has 3 aromatic carbocycles.